The summed E-state index contributed by atoms with van der Waals surface area (Å²) in [6.45, 7) is 5.12. The Labute approximate surface area is 171 Å². The zero-order valence-electron chi connectivity index (χ0n) is 17.1. The highest BCUT2D eigenvalue weighted by Gasteiger charge is 2.17. The Morgan fingerprint density at radius 2 is 1.86 bits per heavy atom. The highest BCUT2D eigenvalue weighted by Crippen LogP contribution is 2.34. The highest BCUT2D eigenvalue weighted by molar-refractivity contribution is 5.83. The van der Waals surface area contributed by atoms with E-state index in [0.717, 1.165) is 29.4 Å². The van der Waals surface area contributed by atoms with Gasteiger partial charge in [-0.25, -0.2) is 4.98 Å². The molecule has 2 aromatic carbocycles. The van der Waals surface area contributed by atoms with Gasteiger partial charge in [-0.1, -0.05) is 38.3 Å². The van der Waals surface area contributed by atoms with Gasteiger partial charge in [0.15, 0.2) is 11.5 Å². The molecule has 6 heteroatoms. The van der Waals surface area contributed by atoms with E-state index in [0.29, 0.717) is 30.5 Å². The van der Waals surface area contributed by atoms with Gasteiger partial charge in [0.25, 0.3) is 0 Å². The molecule has 0 aliphatic heterocycles. The fourth-order valence-electron chi connectivity index (χ4n) is 3.34. The third kappa shape index (κ3) is 5.08. The molecule has 0 aliphatic carbocycles. The maximum atomic E-state index is 11.4. The number of para-hydroxylation sites is 2. The third-order valence-electron chi connectivity index (χ3n) is 4.71. The van der Waals surface area contributed by atoms with E-state index in [2.05, 4.69) is 11.9 Å². The summed E-state index contributed by atoms with van der Waals surface area (Å²) in [7, 11) is 0. The fraction of sp³-hybridized carbons (Fsp3) is 0.391. The lowest BCUT2D eigenvalue weighted by Gasteiger charge is -2.14. The van der Waals surface area contributed by atoms with E-state index >= 15 is 0 Å². The summed E-state index contributed by atoms with van der Waals surface area (Å²) in [4.78, 5) is 16.1. The van der Waals surface area contributed by atoms with Gasteiger partial charge in [-0.15, -0.1) is 0 Å². The molecule has 0 amide bonds. The van der Waals surface area contributed by atoms with Gasteiger partial charge >= 0.3 is 5.97 Å². The number of ether oxygens (including phenoxy) is 2. The number of fused-ring (bicyclic) bond motifs is 1. The second-order valence-corrected chi connectivity index (χ2v) is 6.91. The molecule has 1 aromatic heterocycles. The number of carbonyl (C=O) groups is 1. The van der Waals surface area contributed by atoms with Crippen molar-refractivity contribution in [2.45, 2.75) is 46.1 Å². The molecule has 3 aromatic rings. The number of rotatable bonds is 11. The molecule has 0 aliphatic rings. The molecule has 0 unspecified atom stereocenters. The Hall–Kier alpha value is -3.02. The molecule has 0 saturated heterocycles. The number of benzene rings is 2. The second kappa shape index (κ2) is 9.96. The van der Waals surface area contributed by atoms with Crippen LogP contribution in [0.25, 0.3) is 22.4 Å². The predicted molar refractivity (Wildman–Crippen MR) is 114 cm³/mol. The van der Waals surface area contributed by atoms with Crippen LogP contribution in [-0.2, 0) is 11.3 Å². The Morgan fingerprint density at radius 3 is 2.62 bits per heavy atom. The van der Waals surface area contributed by atoms with Crippen LogP contribution in [-0.4, -0.2) is 33.8 Å². The van der Waals surface area contributed by atoms with E-state index < -0.39 is 5.97 Å². The number of aliphatic carboxylic acids is 1. The first-order chi connectivity index (χ1) is 14.1. The largest absolute Gasteiger partial charge is 0.490 e. The first-order valence-corrected chi connectivity index (χ1v) is 10.2. The lowest BCUT2D eigenvalue weighted by molar-refractivity contribution is -0.137. The van der Waals surface area contributed by atoms with Gasteiger partial charge in [0.2, 0.25) is 0 Å². The van der Waals surface area contributed by atoms with Crippen molar-refractivity contribution in [2.75, 3.05) is 13.2 Å². The summed E-state index contributed by atoms with van der Waals surface area (Å²) in [5.74, 6) is 1.04. The summed E-state index contributed by atoms with van der Waals surface area (Å²) < 4.78 is 13.4. The maximum absolute atomic E-state index is 11.4. The van der Waals surface area contributed by atoms with Crippen molar-refractivity contribution in [1.82, 2.24) is 9.55 Å². The molecule has 0 spiro atoms. The van der Waals surface area contributed by atoms with Crippen LogP contribution in [0.4, 0.5) is 0 Å². The molecule has 1 N–H and O–H groups in total. The van der Waals surface area contributed by atoms with Crippen LogP contribution in [0, 0.1) is 0 Å². The number of carboxylic acids is 1. The SMILES string of the molecule is CCCCCCOc1ccc(-c2nc3ccccc3n2CC(=O)O)cc1OCC. The smallest absolute Gasteiger partial charge is 0.323 e. The quantitative estimate of drug-likeness (QED) is 0.454. The standard InChI is InChI=1S/C23H28N2O4/c1-3-5-6-9-14-29-20-13-12-17(15-21(20)28-4-2)23-24-18-10-7-8-11-19(18)25(23)16-22(26)27/h7-8,10-13,15H,3-6,9,14,16H2,1-2H3,(H,26,27). The molecule has 1 heterocycles. The van der Waals surface area contributed by atoms with Crippen LogP contribution >= 0.6 is 0 Å². The monoisotopic (exact) mass is 396 g/mol. The number of hydrogen-bond acceptors (Lipinski definition) is 4. The van der Waals surface area contributed by atoms with Crippen LogP contribution in [0.5, 0.6) is 11.5 Å². The number of hydrogen-bond donors (Lipinski definition) is 1. The van der Waals surface area contributed by atoms with Gasteiger partial charge < -0.3 is 19.1 Å². The van der Waals surface area contributed by atoms with Gasteiger partial charge in [-0.3, -0.25) is 4.79 Å². The summed E-state index contributed by atoms with van der Waals surface area (Å²) in [5.41, 5.74) is 2.35. The molecule has 29 heavy (non-hydrogen) atoms. The molecule has 0 bridgehead atoms. The van der Waals surface area contributed by atoms with Crippen molar-refractivity contribution < 1.29 is 19.4 Å². The van der Waals surface area contributed by atoms with E-state index in [9.17, 15) is 9.90 Å². The molecular weight excluding hydrogens is 368 g/mol. The minimum atomic E-state index is -0.911. The fourth-order valence-corrected chi connectivity index (χ4v) is 3.34. The van der Waals surface area contributed by atoms with E-state index in [1.807, 2.05) is 49.4 Å². The van der Waals surface area contributed by atoms with Crippen molar-refractivity contribution >= 4 is 17.0 Å². The lowest BCUT2D eigenvalue weighted by Crippen LogP contribution is -2.10. The van der Waals surface area contributed by atoms with Gasteiger partial charge in [0.05, 0.1) is 24.2 Å². The van der Waals surface area contributed by atoms with Gasteiger partial charge in [0, 0.05) is 5.56 Å². The molecule has 0 saturated carbocycles. The maximum Gasteiger partial charge on any atom is 0.323 e. The predicted octanol–water partition coefficient (Wildman–Crippen LogP) is 5.15. The molecule has 6 nitrogen and oxygen atoms in total. The Balaban J connectivity index is 1.92. The van der Waals surface area contributed by atoms with E-state index in [4.69, 9.17) is 9.47 Å². The Bertz CT molecular complexity index is 965. The van der Waals surface area contributed by atoms with Crippen molar-refractivity contribution in [1.29, 1.82) is 0 Å². The molecule has 0 fully saturated rings. The van der Waals surface area contributed by atoms with E-state index in [1.165, 1.54) is 12.8 Å². The number of carboxylic acid groups (broad SMARTS) is 1. The minimum Gasteiger partial charge on any atom is -0.490 e. The van der Waals surface area contributed by atoms with Crippen LogP contribution < -0.4 is 9.47 Å². The van der Waals surface area contributed by atoms with Crippen LogP contribution in [0.2, 0.25) is 0 Å². The van der Waals surface area contributed by atoms with E-state index in [-0.39, 0.29) is 6.54 Å². The number of imidazole rings is 1. The summed E-state index contributed by atoms with van der Waals surface area (Å²) in [6, 6.07) is 13.2. The first kappa shape index (κ1) is 20.7. The first-order valence-electron chi connectivity index (χ1n) is 10.2. The van der Waals surface area contributed by atoms with Crippen LogP contribution in [0.1, 0.15) is 39.5 Å². The molecule has 154 valence electrons. The van der Waals surface area contributed by atoms with E-state index in [1.54, 1.807) is 4.57 Å². The number of aromatic nitrogens is 2. The summed E-state index contributed by atoms with van der Waals surface area (Å²) >= 11 is 0. The average Bonchev–Trinajstić information content (AvgIpc) is 3.07. The normalized spacial score (nSPS) is 11.0. The summed E-state index contributed by atoms with van der Waals surface area (Å²) in [6.07, 6.45) is 4.56. The molecular formula is C23H28N2O4. The third-order valence-corrected chi connectivity index (χ3v) is 4.71. The van der Waals surface area contributed by atoms with Crippen LogP contribution in [0.15, 0.2) is 42.5 Å². The topological polar surface area (TPSA) is 73.6 Å². The molecule has 0 atom stereocenters. The zero-order chi connectivity index (χ0) is 20.6. The van der Waals surface area contributed by atoms with Gasteiger partial charge in [-0.2, -0.15) is 0 Å². The van der Waals surface area contributed by atoms with Crippen molar-refractivity contribution in [3.05, 3.63) is 42.5 Å². The Kier molecular flexibility index (Phi) is 7.11. The van der Waals surface area contributed by atoms with Crippen LogP contribution in [0.3, 0.4) is 0 Å². The van der Waals surface area contributed by atoms with Crippen molar-refractivity contribution in [2.24, 2.45) is 0 Å². The van der Waals surface area contributed by atoms with Gasteiger partial charge in [0.1, 0.15) is 12.4 Å². The molecule has 0 radical (unpaired) electrons. The summed E-state index contributed by atoms with van der Waals surface area (Å²) in [5, 5.41) is 9.36. The zero-order valence-corrected chi connectivity index (χ0v) is 17.1. The number of nitrogens with zero attached hydrogens (tertiary/aromatic N) is 2. The Morgan fingerprint density at radius 1 is 1.03 bits per heavy atom. The van der Waals surface area contributed by atoms with Crippen molar-refractivity contribution in [3.63, 3.8) is 0 Å². The minimum absolute atomic E-state index is 0.157. The highest BCUT2D eigenvalue weighted by atomic mass is 16.5. The lowest BCUT2D eigenvalue weighted by atomic mass is 10.2. The van der Waals surface area contributed by atoms with Crippen molar-refractivity contribution in [3.8, 4) is 22.9 Å². The average molecular weight is 396 g/mol. The van der Waals surface area contributed by atoms with Gasteiger partial charge in [-0.05, 0) is 43.7 Å². The molecule has 3 rings (SSSR count). The number of unbranched alkanes of at least 4 members (excludes halogenated alkanes) is 3. The second-order valence-electron chi connectivity index (χ2n) is 6.91.